The van der Waals surface area contributed by atoms with Gasteiger partial charge in [0.1, 0.15) is 0 Å². The number of amides is 3. The van der Waals surface area contributed by atoms with Gasteiger partial charge in [-0.25, -0.2) is 10.6 Å². The molecule has 1 aliphatic heterocycles. The standard InChI is InChI=1S/C7H12N4O2/c1-5-3-2-4-6(12)11(10-5)7(13)9-8/h2-4,8H2,1H3,(H,9,13). The van der Waals surface area contributed by atoms with Crippen LogP contribution in [-0.4, -0.2) is 22.7 Å². The second-order valence-corrected chi connectivity index (χ2v) is 2.84. The Labute approximate surface area is 75.7 Å². The van der Waals surface area contributed by atoms with E-state index in [1.807, 2.05) is 5.43 Å². The number of nitrogens with one attached hydrogen (secondary N) is 1. The van der Waals surface area contributed by atoms with E-state index >= 15 is 0 Å². The number of imide groups is 1. The fourth-order valence-corrected chi connectivity index (χ4v) is 1.10. The predicted octanol–water partition coefficient (Wildman–Crippen LogP) is -0.0419. The Morgan fingerprint density at radius 1 is 1.62 bits per heavy atom. The summed E-state index contributed by atoms with van der Waals surface area (Å²) in [6, 6.07) is -0.689. The average molecular weight is 184 g/mol. The second-order valence-electron chi connectivity index (χ2n) is 2.84. The second kappa shape index (κ2) is 3.99. The van der Waals surface area contributed by atoms with Gasteiger partial charge in [-0.3, -0.25) is 10.2 Å². The molecule has 6 heteroatoms. The van der Waals surface area contributed by atoms with Crippen LogP contribution in [0.4, 0.5) is 4.79 Å². The Morgan fingerprint density at radius 2 is 2.31 bits per heavy atom. The molecule has 0 saturated heterocycles. The van der Waals surface area contributed by atoms with Crippen molar-refractivity contribution in [1.82, 2.24) is 10.4 Å². The summed E-state index contributed by atoms with van der Waals surface area (Å²) in [5, 5.41) is 4.62. The predicted molar refractivity (Wildman–Crippen MR) is 46.5 cm³/mol. The van der Waals surface area contributed by atoms with Crippen LogP contribution < -0.4 is 11.3 Å². The van der Waals surface area contributed by atoms with E-state index in [4.69, 9.17) is 5.84 Å². The highest BCUT2D eigenvalue weighted by atomic mass is 16.2. The number of hydrazine groups is 1. The van der Waals surface area contributed by atoms with Crippen molar-refractivity contribution in [2.45, 2.75) is 26.2 Å². The lowest BCUT2D eigenvalue weighted by Crippen LogP contribution is -2.43. The SMILES string of the molecule is CC1=NN(C(=O)NN)C(=O)CCC1. The van der Waals surface area contributed by atoms with Crippen LogP contribution >= 0.6 is 0 Å². The molecule has 0 fully saturated rings. The number of rotatable bonds is 0. The minimum Gasteiger partial charge on any atom is -0.274 e. The normalized spacial score (nSPS) is 17.8. The molecule has 1 aliphatic rings. The molecule has 6 nitrogen and oxygen atoms in total. The van der Waals surface area contributed by atoms with E-state index in [9.17, 15) is 9.59 Å². The monoisotopic (exact) mass is 184 g/mol. The molecule has 0 aromatic rings. The Kier molecular flexibility index (Phi) is 2.97. The van der Waals surface area contributed by atoms with Crippen molar-refractivity contribution >= 4 is 17.6 Å². The van der Waals surface area contributed by atoms with Gasteiger partial charge in [-0.2, -0.15) is 5.10 Å². The van der Waals surface area contributed by atoms with Gasteiger partial charge in [0.05, 0.1) is 0 Å². The molecule has 3 N–H and O–H groups in total. The van der Waals surface area contributed by atoms with E-state index in [-0.39, 0.29) is 5.91 Å². The molecule has 1 heterocycles. The van der Waals surface area contributed by atoms with Gasteiger partial charge < -0.3 is 0 Å². The van der Waals surface area contributed by atoms with Gasteiger partial charge >= 0.3 is 6.03 Å². The molecular weight excluding hydrogens is 172 g/mol. The molecule has 0 aromatic carbocycles. The van der Waals surface area contributed by atoms with Crippen LogP contribution in [0.15, 0.2) is 5.10 Å². The molecule has 0 atom stereocenters. The first-order valence-corrected chi connectivity index (χ1v) is 4.02. The molecule has 3 amide bonds. The Bertz CT molecular complexity index is 261. The van der Waals surface area contributed by atoms with Crippen LogP contribution in [-0.2, 0) is 4.79 Å². The highest BCUT2D eigenvalue weighted by Crippen LogP contribution is 2.09. The van der Waals surface area contributed by atoms with Gasteiger partial charge in [0, 0.05) is 12.1 Å². The summed E-state index contributed by atoms with van der Waals surface area (Å²) < 4.78 is 0. The summed E-state index contributed by atoms with van der Waals surface area (Å²) in [5.74, 6) is 4.58. The van der Waals surface area contributed by atoms with E-state index in [2.05, 4.69) is 5.10 Å². The molecule has 13 heavy (non-hydrogen) atoms. The maximum absolute atomic E-state index is 11.3. The van der Waals surface area contributed by atoms with Gasteiger partial charge in [-0.05, 0) is 19.8 Å². The topological polar surface area (TPSA) is 87.8 Å². The number of hydrogen-bond donors (Lipinski definition) is 2. The van der Waals surface area contributed by atoms with Crippen molar-refractivity contribution in [3.05, 3.63) is 0 Å². The molecule has 72 valence electrons. The molecule has 0 bridgehead atoms. The fraction of sp³-hybridized carbons (Fsp3) is 0.571. The number of urea groups is 1. The smallest absolute Gasteiger partial charge is 0.274 e. The zero-order chi connectivity index (χ0) is 9.84. The number of nitrogens with zero attached hydrogens (tertiary/aromatic N) is 2. The van der Waals surface area contributed by atoms with Crippen LogP contribution in [0.1, 0.15) is 26.2 Å². The lowest BCUT2D eigenvalue weighted by atomic mass is 10.2. The summed E-state index contributed by atoms with van der Waals surface area (Å²) in [6.07, 6.45) is 1.79. The Morgan fingerprint density at radius 3 is 2.92 bits per heavy atom. The molecule has 0 aromatic heterocycles. The number of nitrogens with two attached hydrogens (primary N) is 1. The number of hydrazone groups is 1. The first-order chi connectivity index (χ1) is 6.15. The Hall–Kier alpha value is -1.43. The summed E-state index contributed by atoms with van der Waals surface area (Å²) in [7, 11) is 0. The van der Waals surface area contributed by atoms with E-state index in [1.165, 1.54) is 0 Å². The third-order valence-electron chi connectivity index (χ3n) is 1.75. The zero-order valence-corrected chi connectivity index (χ0v) is 7.41. The summed E-state index contributed by atoms with van der Waals surface area (Å²) in [4.78, 5) is 22.3. The molecule has 0 unspecified atom stereocenters. The molecule has 0 radical (unpaired) electrons. The zero-order valence-electron chi connectivity index (χ0n) is 7.41. The van der Waals surface area contributed by atoms with E-state index < -0.39 is 6.03 Å². The molecule has 1 rings (SSSR count). The van der Waals surface area contributed by atoms with E-state index in [0.717, 1.165) is 23.6 Å². The van der Waals surface area contributed by atoms with Crippen molar-refractivity contribution in [2.24, 2.45) is 10.9 Å². The number of carbonyl (C=O) groups is 2. The molecular formula is C7H12N4O2. The first kappa shape index (κ1) is 9.66. The van der Waals surface area contributed by atoms with Crippen molar-refractivity contribution in [2.75, 3.05) is 0 Å². The van der Waals surface area contributed by atoms with Crippen molar-refractivity contribution < 1.29 is 9.59 Å². The van der Waals surface area contributed by atoms with Gasteiger partial charge in [0.15, 0.2) is 0 Å². The lowest BCUT2D eigenvalue weighted by molar-refractivity contribution is -0.128. The lowest BCUT2D eigenvalue weighted by Gasteiger charge is -2.12. The molecule has 0 aliphatic carbocycles. The van der Waals surface area contributed by atoms with Gasteiger partial charge in [0.25, 0.3) is 5.91 Å². The van der Waals surface area contributed by atoms with Gasteiger partial charge in [-0.15, -0.1) is 5.01 Å². The summed E-state index contributed by atoms with van der Waals surface area (Å²) >= 11 is 0. The Balaban J connectivity index is 2.83. The van der Waals surface area contributed by atoms with Gasteiger partial charge in [0.2, 0.25) is 0 Å². The summed E-state index contributed by atoms with van der Waals surface area (Å²) in [5.41, 5.74) is 2.63. The molecule has 0 saturated carbocycles. The van der Waals surface area contributed by atoms with Crippen molar-refractivity contribution in [3.8, 4) is 0 Å². The van der Waals surface area contributed by atoms with Crippen LogP contribution in [0.5, 0.6) is 0 Å². The first-order valence-electron chi connectivity index (χ1n) is 4.02. The van der Waals surface area contributed by atoms with Crippen LogP contribution in [0, 0.1) is 0 Å². The van der Waals surface area contributed by atoms with Crippen molar-refractivity contribution in [1.29, 1.82) is 0 Å². The van der Waals surface area contributed by atoms with E-state index in [0.29, 0.717) is 6.42 Å². The van der Waals surface area contributed by atoms with Crippen LogP contribution in [0.25, 0.3) is 0 Å². The van der Waals surface area contributed by atoms with Crippen LogP contribution in [0.3, 0.4) is 0 Å². The third kappa shape index (κ3) is 2.25. The quantitative estimate of drug-likeness (QED) is 0.314. The number of carbonyl (C=O) groups excluding carboxylic acids is 2. The fourth-order valence-electron chi connectivity index (χ4n) is 1.10. The van der Waals surface area contributed by atoms with Gasteiger partial charge in [-0.1, -0.05) is 0 Å². The highest BCUT2D eigenvalue weighted by molar-refractivity contribution is 5.97. The highest BCUT2D eigenvalue weighted by Gasteiger charge is 2.22. The summed E-state index contributed by atoms with van der Waals surface area (Å²) in [6.45, 7) is 1.77. The third-order valence-corrected chi connectivity index (χ3v) is 1.75. The maximum atomic E-state index is 11.3. The average Bonchev–Trinajstić information content (AvgIpc) is 2.27. The molecule has 0 spiro atoms. The largest absolute Gasteiger partial charge is 0.359 e. The minimum absolute atomic E-state index is 0.320. The van der Waals surface area contributed by atoms with E-state index in [1.54, 1.807) is 6.92 Å². The maximum Gasteiger partial charge on any atom is 0.359 e. The number of hydrogen-bond acceptors (Lipinski definition) is 4. The van der Waals surface area contributed by atoms with Crippen molar-refractivity contribution in [3.63, 3.8) is 0 Å². The van der Waals surface area contributed by atoms with Crippen LogP contribution in [0.2, 0.25) is 0 Å². The minimum atomic E-state index is -0.689.